The van der Waals surface area contributed by atoms with E-state index < -0.39 is 22.6 Å². The van der Waals surface area contributed by atoms with Crippen LogP contribution >= 0.6 is 0 Å². The van der Waals surface area contributed by atoms with Crippen LogP contribution in [0, 0.1) is 11.3 Å². The van der Waals surface area contributed by atoms with Gasteiger partial charge in [-0.25, -0.2) is 13.6 Å². The Hall–Kier alpha value is -1.03. The van der Waals surface area contributed by atoms with Gasteiger partial charge >= 0.3 is 81.2 Å². The molecule has 9 heteroatoms. The standard InChI is InChI=1S/C8H5AsF3N.H3NO2S/c9-7-3-1-2-6(5(7)4-13)8(10,11)12;1-4(2)3/h1-3H,9H2;4H,(H2,1,2,3). The van der Waals surface area contributed by atoms with Crippen LogP contribution < -0.4 is 9.49 Å². The molecule has 0 aliphatic rings. The Bertz CT molecular complexity index is 500. The fourth-order valence-electron chi connectivity index (χ4n) is 0.931. The molecule has 1 aromatic rings. The van der Waals surface area contributed by atoms with E-state index in [4.69, 9.17) is 13.7 Å². The predicted octanol–water partition coefficient (Wildman–Crippen LogP) is -0.693. The summed E-state index contributed by atoms with van der Waals surface area (Å²) in [4.78, 5) is 0. The van der Waals surface area contributed by atoms with Gasteiger partial charge in [-0.05, 0) is 0 Å². The van der Waals surface area contributed by atoms with Gasteiger partial charge in [0, 0.05) is 0 Å². The maximum absolute atomic E-state index is 12.3. The zero-order chi connectivity index (χ0) is 13.6. The van der Waals surface area contributed by atoms with Crippen molar-refractivity contribution in [2.75, 3.05) is 0 Å². The molecular formula is C8H8AsF3N2O2S. The van der Waals surface area contributed by atoms with E-state index in [1.165, 1.54) is 12.1 Å². The summed E-state index contributed by atoms with van der Waals surface area (Å²) < 4.78 is 54.9. The van der Waals surface area contributed by atoms with Gasteiger partial charge in [-0.1, -0.05) is 0 Å². The third-order valence-corrected chi connectivity index (χ3v) is 2.52. The van der Waals surface area contributed by atoms with Crippen molar-refractivity contribution in [2.45, 2.75) is 6.18 Å². The normalized spacial score (nSPS) is 10.4. The average molecular weight is 328 g/mol. The van der Waals surface area contributed by atoms with Crippen LogP contribution in [0.2, 0.25) is 0 Å². The van der Waals surface area contributed by atoms with Crippen LogP contribution in [0.3, 0.4) is 0 Å². The summed E-state index contributed by atoms with van der Waals surface area (Å²) in [6, 6.07) is 5.30. The van der Waals surface area contributed by atoms with Crippen LogP contribution in [0.1, 0.15) is 11.1 Å². The Morgan fingerprint density at radius 1 is 1.35 bits per heavy atom. The fourth-order valence-corrected chi connectivity index (χ4v) is 1.63. The molecular weight excluding hydrogens is 320 g/mol. The molecule has 0 aromatic heterocycles. The topological polar surface area (TPSA) is 83.9 Å². The van der Waals surface area contributed by atoms with Crippen LogP contribution in [0.25, 0.3) is 0 Å². The SMILES string of the molecule is N#Cc1c([AsH2])cccc1C(F)(F)F.N[SH](=O)=O. The van der Waals surface area contributed by atoms with Gasteiger partial charge < -0.3 is 0 Å². The van der Waals surface area contributed by atoms with Gasteiger partial charge in [0.2, 0.25) is 0 Å². The minimum absolute atomic E-state index is 0.269. The number of rotatable bonds is 0. The van der Waals surface area contributed by atoms with Gasteiger partial charge in [-0.15, -0.1) is 0 Å². The zero-order valence-electron chi connectivity index (χ0n) is 8.23. The second kappa shape index (κ2) is 6.64. The number of nitrogens with two attached hydrogens (primary N) is 1. The largest absolute Gasteiger partial charge is 0.231 e. The van der Waals surface area contributed by atoms with E-state index in [-0.39, 0.29) is 5.56 Å². The van der Waals surface area contributed by atoms with E-state index in [2.05, 4.69) is 5.14 Å². The van der Waals surface area contributed by atoms with Crippen LogP contribution in [-0.2, 0) is 17.1 Å². The summed E-state index contributed by atoms with van der Waals surface area (Å²) in [6.07, 6.45) is -4.44. The Balaban J connectivity index is 0.000000557. The molecule has 0 aliphatic carbocycles. The summed E-state index contributed by atoms with van der Waals surface area (Å²) in [5.41, 5.74) is -1.12. The van der Waals surface area contributed by atoms with Crippen molar-refractivity contribution < 1.29 is 21.6 Å². The summed E-state index contributed by atoms with van der Waals surface area (Å²) in [5, 5.41) is 12.6. The monoisotopic (exact) mass is 328 g/mol. The molecule has 94 valence electrons. The number of hydrogen-bond acceptors (Lipinski definition) is 3. The summed E-state index contributed by atoms with van der Waals surface area (Å²) in [6.45, 7) is 0. The maximum Gasteiger partial charge on any atom is 0.198 e. The smallest absolute Gasteiger partial charge is 0.198 e. The number of benzene rings is 1. The number of nitrogens with zero attached hydrogens (tertiary/aromatic N) is 1. The van der Waals surface area contributed by atoms with Gasteiger partial charge in [0.15, 0.2) is 10.9 Å². The molecule has 0 heterocycles. The van der Waals surface area contributed by atoms with Gasteiger partial charge in [-0.2, -0.15) is 0 Å². The van der Waals surface area contributed by atoms with Gasteiger partial charge in [-0.3, -0.25) is 0 Å². The Kier molecular flexibility index (Phi) is 6.24. The van der Waals surface area contributed by atoms with Crippen molar-refractivity contribution >= 4 is 32.1 Å². The number of nitriles is 1. The summed E-state index contributed by atoms with van der Waals surface area (Å²) in [7, 11) is -2.62. The van der Waals surface area contributed by atoms with Gasteiger partial charge in [0.1, 0.15) is 0 Å². The van der Waals surface area contributed by atoms with E-state index in [9.17, 15) is 13.2 Å². The molecule has 1 atom stereocenters. The van der Waals surface area contributed by atoms with Gasteiger partial charge in [0.25, 0.3) is 0 Å². The molecule has 1 rings (SSSR count). The third kappa shape index (κ3) is 5.73. The van der Waals surface area contributed by atoms with E-state index in [1.54, 1.807) is 6.07 Å². The summed E-state index contributed by atoms with van der Waals surface area (Å²) >= 11 is 1.01. The first-order valence-corrected chi connectivity index (χ1v) is 6.40. The second-order valence-corrected chi connectivity index (χ2v) is 4.54. The molecule has 0 fully saturated rings. The molecule has 0 radical (unpaired) electrons. The molecule has 17 heavy (non-hydrogen) atoms. The molecule has 0 saturated carbocycles. The van der Waals surface area contributed by atoms with E-state index in [1.807, 2.05) is 0 Å². The van der Waals surface area contributed by atoms with Crippen LogP contribution in [0.15, 0.2) is 18.2 Å². The number of alkyl halides is 3. The van der Waals surface area contributed by atoms with E-state index in [0.717, 1.165) is 22.9 Å². The molecule has 1 aromatic carbocycles. The predicted molar refractivity (Wildman–Crippen MR) is 58.8 cm³/mol. The molecule has 0 bridgehead atoms. The molecule has 0 aliphatic heterocycles. The van der Waals surface area contributed by atoms with E-state index in [0.29, 0.717) is 4.35 Å². The zero-order valence-corrected chi connectivity index (χ0v) is 11.5. The molecule has 4 nitrogen and oxygen atoms in total. The quantitative estimate of drug-likeness (QED) is 0.488. The minimum Gasteiger partial charge on any atom is -0.231 e. The number of thiol groups is 1. The van der Waals surface area contributed by atoms with Crippen molar-refractivity contribution in [3.8, 4) is 6.07 Å². The van der Waals surface area contributed by atoms with Crippen molar-refractivity contribution in [3.63, 3.8) is 0 Å². The first-order valence-electron chi connectivity index (χ1n) is 3.95. The Morgan fingerprint density at radius 2 is 1.82 bits per heavy atom. The third-order valence-electron chi connectivity index (χ3n) is 1.51. The van der Waals surface area contributed by atoms with Crippen molar-refractivity contribution in [1.82, 2.24) is 0 Å². The first-order chi connectivity index (χ1) is 7.70. The maximum atomic E-state index is 12.3. The van der Waals surface area contributed by atoms with Gasteiger partial charge in [0.05, 0.1) is 0 Å². The van der Waals surface area contributed by atoms with Crippen LogP contribution in [0.4, 0.5) is 13.2 Å². The Morgan fingerprint density at radius 3 is 2.12 bits per heavy atom. The number of halogens is 3. The first kappa shape index (κ1) is 16.0. The average Bonchev–Trinajstić information content (AvgIpc) is 2.15. The Labute approximate surface area is 106 Å². The second-order valence-electron chi connectivity index (χ2n) is 2.66. The molecule has 2 N–H and O–H groups in total. The molecule has 0 spiro atoms. The van der Waals surface area contributed by atoms with E-state index >= 15 is 0 Å². The number of hydrogen-bond donors (Lipinski definition) is 2. The summed E-state index contributed by atoms with van der Waals surface area (Å²) in [5.74, 6) is 0. The van der Waals surface area contributed by atoms with Crippen molar-refractivity contribution in [1.29, 1.82) is 5.26 Å². The minimum atomic E-state index is -4.44. The van der Waals surface area contributed by atoms with Crippen molar-refractivity contribution in [3.05, 3.63) is 29.3 Å². The van der Waals surface area contributed by atoms with Crippen molar-refractivity contribution in [2.24, 2.45) is 5.14 Å². The molecule has 0 saturated heterocycles. The molecule has 0 amide bonds. The fraction of sp³-hybridized carbons (Fsp3) is 0.125. The van der Waals surface area contributed by atoms with Crippen LogP contribution in [0.5, 0.6) is 0 Å². The molecule has 1 unspecified atom stereocenters. The van der Waals surface area contributed by atoms with Crippen LogP contribution in [-0.4, -0.2) is 25.3 Å².